The van der Waals surface area contributed by atoms with Crippen molar-refractivity contribution >= 4 is 5.78 Å². The summed E-state index contributed by atoms with van der Waals surface area (Å²) in [4.78, 5) is 14.2. The zero-order valence-electron chi connectivity index (χ0n) is 10.1. The number of para-hydroxylation sites is 1. The highest BCUT2D eigenvalue weighted by atomic mass is 16.5. The highest BCUT2D eigenvalue weighted by molar-refractivity contribution is 6.00. The van der Waals surface area contributed by atoms with Crippen LogP contribution in [0, 0.1) is 0 Å². The number of carbonyl (C=O) groups excluding carboxylic acids is 1. The van der Waals surface area contributed by atoms with Gasteiger partial charge in [-0.25, -0.2) is 0 Å². The standard InChI is InChI=1S/C13H18N2O2/c1-17-13-5-3-2-4-11(13)12(16)9-15-7-6-10(14)8-15/h2-5,10H,6-9,14H2,1H3/t10-/m0/s1. The third kappa shape index (κ3) is 2.84. The van der Waals surface area contributed by atoms with E-state index in [0.29, 0.717) is 17.9 Å². The molecule has 0 bridgehead atoms. The summed E-state index contributed by atoms with van der Waals surface area (Å²) in [5.74, 6) is 0.734. The highest BCUT2D eigenvalue weighted by Gasteiger charge is 2.22. The third-order valence-electron chi connectivity index (χ3n) is 3.08. The molecule has 92 valence electrons. The van der Waals surface area contributed by atoms with Crippen LogP contribution in [0.15, 0.2) is 24.3 Å². The summed E-state index contributed by atoms with van der Waals surface area (Å²) in [7, 11) is 1.58. The number of Topliss-reactive ketones (excluding diaryl/α,β-unsaturated/α-hetero) is 1. The van der Waals surface area contributed by atoms with Crippen LogP contribution in [0.4, 0.5) is 0 Å². The Morgan fingerprint density at radius 1 is 1.53 bits per heavy atom. The zero-order valence-corrected chi connectivity index (χ0v) is 10.1. The smallest absolute Gasteiger partial charge is 0.180 e. The van der Waals surface area contributed by atoms with Crippen LogP contribution in [-0.2, 0) is 0 Å². The first-order chi connectivity index (χ1) is 8.20. The molecule has 0 aliphatic carbocycles. The second-order valence-corrected chi connectivity index (χ2v) is 4.41. The SMILES string of the molecule is COc1ccccc1C(=O)CN1CC[C@H](N)C1. The summed E-state index contributed by atoms with van der Waals surface area (Å²) < 4.78 is 5.19. The van der Waals surface area contributed by atoms with Gasteiger partial charge in [-0.3, -0.25) is 9.69 Å². The molecular weight excluding hydrogens is 216 g/mol. The van der Waals surface area contributed by atoms with Crippen molar-refractivity contribution in [3.63, 3.8) is 0 Å². The van der Waals surface area contributed by atoms with E-state index >= 15 is 0 Å². The average Bonchev–Trinajstić information content (AvgIpc) is 2.74. The minimum atomic E-state index is 0.0940. The Balaban J connectivity index is 2.04. The molecule has 0 amide bonds. The molecule has 1 saturated heterocycles. The molecule has 0 unspecified atom stereocenters. The molecule has 17 heavy (non-hydrogen) atoms. The molecule has 1 heterocycles. The van der Waals surface area contributed by atoms with Gasteiger partial charge in [0.25, 0.3) is 0 Å². The van der Waals surface area contributed by atoms with Crippen molar-refractivity contribution in [2.24, 2.45) is 5.73 Å². The Morgan fingerprint density at radius 2 is 2.29 bits per heavy atom. The molecule has 0 radical (unpaired) electrons. The van der Waals surface area contributed by atoms with Crippen molar-refractivity contribution in [2.45, 2.75) is 12.5 Å². The summed E-state index contributed by atoms with van der Waals surface area (Å²) in [6, 6.07) is 7.54. The van der Waals surface area contributed by atoms with E-state index in [9.17, 15) is 4.79 Å². The van der Waals surface area contributed by atoms with Crippen LogP contribution in [0.25, 0.3) is 0 Å². The predicted octanol–water partition coefficient (Wildman–Crippen LogP) is 0.911. The van der Waals surface area contributed by atoms with E-state index in [-0.39, 0.29) is 11.8 Å². The fourth-order valence-corrected chi connectivity index (χ4v) is 2.17. The number of hydrogen-bond acceptors (Lipinski definition) is 4. The van der Waals surface area contributed by atoms with E-state index in [0.717, 1.165) is 19.5 Å². The molecule has 1 aromatic rings. The Bertz CT molecular complexity index is 406. The van der Waals surface area contributed by atoms with E-state index in [1.54, 1.807) is 13.2 Å². The van der Waals surface area contributed by atoms with Crippen molar-refractivity contribution in [1.29, 1.82) is 0 Å². The molecule has 1 fully saturated rings. The van der Waals surface area contributed by atoms with Gasteiger partial charge in [-0.1, -0.05) is 12.1 Å². The lowest BCUT2D eigenvalue weighted by atomic mass is 10.1. The molecule has 4 heteroatoms. The van der Waals surface area contributed by atoms with Crippen LogP contribution in [-0.4, -0.2) is 43.5 Å². The molecule has 2 N–H and O–H groups in total. The Labute approximate surface area is 101 Å². The van der Waals surface area contributed by atoms with E-state index in [4.69, 9.17) is 10.5 Å². The second kappa shape index (κ2) is 5.29. The number of ketones is 1. The number of carbonyl (C=O) groups is 1. The van der Waals surface area contributed by atoms with Crippen LogP contribution < -0.4 is 10.5 Å². The Kier molecular flexibility index (Phi) is 3.76. The molecule has 4 nitrogen and oxygen atoms in total. The van der Waals surface area contributed by atoms with Crippen molar-refractivity contribution in [2.75, 3.05) is 26.7 Å². The molecule has 0 spiro atoms. The summed E-state index contributed by atoms with van der Waals surface area (Å²) in [6.07, 6.45) is 0.971. The first-order valence-corrected chi connectivity index (χ1v) is 5.85. The summed E-state index contributed by atoms with van der Waals surface area (Å²) in [6.45, 7) is 2.14. The molecule has 1 aliphatic heterocycles. The minimum absolute atomic E-state index is 0.0940. The number of benzene rings is 1. The molecule has 2 rings (SSSR count). The van der Waals surface area contributed by atoms with Gasteiger partial charge in [0.05, 0.1) is 19.2 Å². The van der Waals surface area contributed by atoms with Gasteiger partial charge in [-0.05, 0) is 18.6 Å². The van der Waals surface area contributed by atoms with Gasteiger partial charge in [0.15, 0.2) is 5.78 Å². The van der Waals surface area contributed by atoms with Gasteiger partial charge in [0, 0.05) is 19.1 Å². The first-order valence-electron chi connectivity index (χ1n) is 5.85. The van der Waals surface area contributed by atoms with E-state index in [1.165, 1.54) is 0 Å². The Hall–Kier alpha value is -1.39. The number of rotatable bonds is 4. The number of hydrogen-bond donors (Lipinski definition) is 1. The molecule has 1 aliphatic rings. The number of nitrogens with zero attached hydrogens (tertiary/aromatic N) is 1. The number of nitrogens with two attached hydrogens (primary N) is 1. The maximum atomic E-state index is 12.1. The van der Waals surface area contributed by atoms with E-state index in [2.05, 4.69) is 4.90 Å². The lowest BCUT2D eigenvalue weighted by molar-refractivity contribution is 0.0942. The summed E-state index contributed by atoms with van der Waals surface area (Å²) in [5.41, 5.74) is 6.47. The minimum Gasteiger partial charge on any atom is -0.496 e. The Morgan fingerprint density at radius 3 is 2.94 bits per heavy atom. The van der Waals surface area contributed by atoms with Gasteiger partial charge >= 0.3 is 0 Å². The molecule has 0 aromatic heterocycles. The maximum absolute atomic E-state index is 12.1. The summed E-state index contributed by atoms with van der Waals surface area (Å²) >= 11 is 0. The fraction of sp³-hybridized carbons (Fsp3) is 0.462. The van der Waals surface area contributed by atoms with Gasteiger partial charge in [0.1, 0.15) is 5.75 Å². The maximum Gasteiger partial charge on any atom is 0.180 e. The van der Waals surface area contributed by atoms with Gasteiger partial charge in [0.2, 0.25) is 0 Å². The van der Waals surface area contributed by atoms with Gasteiger partial charge < -0.3 is 10.5 Å². The van der Waals surface area contributed by atoms with Crippen LogP contribution in [0.2, 0.25) is 0 Å². The lowest BCUT2D eigenvalue weighted by Gasteiger charge is -2.15. The van der Waals surface area contributed by atoms with Crippen LogP contribution in [0.3, 0.4) is 0 Å². The summed E-state index contributed by atoms with van der Waals surface area (Å²) in [5, 5.41) is 0. The second-order valence-electron chi connectivity index (χ2n) is 4.41. The number of ether oxygens (including phenoxy) is 1. The number of methoxy groups -OCH3 is 1. The topological polar surface area (TPSA) is 55.6 Å². The predicted molar refractivity (Wildman–Crippen MR) is 66.4 cm³/mol. The van der Waals surface area contributed by atoms with E-state index in [1.807, 2.05) is 18.2 Å². The normalized spacial score (nSPS) is 20.5. The van der Waals surface area contributed by atoms with Crippen molar-refractivity contribution in [3.8, 4) is 5.75 Å². The average molecular weight is 234 g/mol. The molecule has 1 aromatic carbocycles. The molecule has 1 atom stereocenters. The highest BCUT2D eigenvalue weighted by Crippen LogP contribution is 2.19. The van der Waals surface area contributed by atoms with Crippen LogP contribution in [0.1, 0.15) is 16.8 Å². The van der Waals surface area contributed by atoms with Gasteiger partial charge in [-0.15, -0.1) is 0 Å². The molecule has 0 saturated carbocycles. The largest absolute Gasteiger partial charge is 0.496 e. The number of likely N-dealkylation sites (tertiary alicyclic amines) is 1. The monoisotopic (exact) mass is 234 g/mol. The van der Waals surface area contributed by atoms with E-state index < -0.39 is 0 Å². The lowest BCUT2D eigenvalue weighted by Crippen LogP contribution is -2.31. The van der Waals surface area contributed by atoms with Crippen molar-refractivity contribution < 1.29 is 9.53 Å². The molecular formula is C13H18N2O2. The fourth-order valence-electron chi connectivity index (χ4n) is 2.17. The van der Waals surface area contributed by atoms with Crippen LogP contribution >= 0.6 is 0 Å². The quantitative estimate of drug-likeness (QED) is 0.787. The van der Waals surface area contributed by atoms with Crippen molar-refractivity contribution in [3.05, 3.63) is 29.8 Å². The van der Waals surface area contributed by atoms with Crippen LogP contribution in [0.5, 0.6) is 5.75 Å². The third-order valence-corrected chi connectivity index (χ3v) is 3.08. The first kappa shape index (κ1) is 12.1. The van der Waals surface area contributed by atoms with Gasteiger partial charge in [-0.2, -0.15) is 0 Å². The van der Waals surface area contributed by atoms with Crippen molar-refractivity contribution in [1.82, 2.24) is 4.90 Å². The zero-order chi connectivity index (χ0) is 12.3.